The first-order chi connectivity index (χ1) is 13.2. The topological polar surface area (TPSA) is 0 Å². The monoisotopic (exact) mass is 370 g/mol. The van der Waals surface area contributed by atoms with Crippen molar-refractivity contribution < 1.29 is 0 Å². The normalized spacial score (nSPS) is 110. The lowest BCUT2D eigenvalue weighted by atomic mass is 8.77. The van der Waals surface area contributed by atoms with Gasteiger partial charge in [-0.25, -0.2) is 0 Å². The van der Waals surface area contributed by atoms with Crippen LogP contribution in [0.1, 0.15) is 26.7 Å². The molecule has 1 saturated heterocycles. The summed E-state index contributed by atoms with van der Waals surface area (Å²) in [5.74, 6) is 18.0. The molecule has 23 atom stereocenters. The van der Waals surface area contributed by atoms with Crippen LogP contribution in [0.3, 0.4) is 0 Å². The van der Waals surface area contributed by atoms with Crippen LogP contribution in [0.2, 0.25) is 0 Å². The van der Waals surface area contributed by atoms with Gasteiger partial charge in [0, 0.05) is 0 Å². The Balaban J connectivity index is 1.23. The van der Waals surface area contributed by atoms with E-state index >= 15 is 0 Å². The van der Waals surface area contributed by atoms with E-state index in [9.17, 15) is 0 Å². The van der Waals surface area contributed by atoms with Crippen LogP contribution in [0.5, 0.6) is 0 Å². The van der Waals surface area contributed by atoms with E-state index in [1.54, 1.807) is 12.8 Å². The third-order valence-electron chi connectivity index (χ3n) is 18.5. The molecule has 17 saturated carbocycles. The smallest absolute Gasteiger partial charge is 0.00934 e. The molecule has 15 unspecified atom stereocenters. The van der Waals surface area contributed by atoms with Crippen LogP contribution in [0.4, 0.5) is 0 Å². The summed E-state index contributed by atoms with van der Waals surface area (Å²) in [6.45, 7) is 5.72. The predicted molar refractivity (Wildman–Crippen MR) is 99.9 cm³/mol. The van der Waals surface area contributed by atoms with Gasteiger partial charge in [-0.15, -0.1) is 8.58 Å². The minimum atomic E-state index is 0.848. The van der Waals surface area contributed by atoms with Gasteiger partial charge in [-0.1, -0.05) is 13.8 Å². The molecule has 1 heterocycles. The Morgan fingerprint density at radius 1 is 0.593 bits per heavy atom. The third kappa shape index (κ3) is 0.435. The van der Waals surface area contributed by atoms with E-state index in [0.29, 0.717) is 0 Å². The van der Waals surface area contributed by atoms with Crippen LogP contribution in [-0.2, 0) is 0 Å². The molecular weight excluding hydrogens is 343 g/mol. The standard InChI is InChI=1S/C26H27P/c1-5-10-14-15-13-9-4-7-6-3-8-12-16-17-18-20-21(6,2)19(27-20)11(5)23(10,18)25(14,17)26(15,16)24(12,13)22(7,8)9/h5-20,27H,3-4H2,1-2H3/t5-,6?,7?,8?,9?,10?,11?,12+,13?,14+,15?,16-,17?,18-,19-,20?,21-,22?,23?,24+,25?,26?/m0/s1. The molecule has 18 aliphatic rings. The van der Waals surface area contributed by atoms with Crippen LogP contribution in [0.15, 0.2) is 0 Å². The first kappa shape index (κ1) is 11.7. The van der Waals surface area contributed by atoms with Crippen LogP contribution in [0, 0.1) is 115 Å². The second-order valence-electron chi connectivity index (χ2n) is 15.4. The lowest BCUT2D eigenvalue weighted by Gasteiger charge is -3.27. The Hall–Kier alpha value is 0.430. The molecule has 0 aromatic carbocycles. The molecule has 18 fully saturated rings. The van der Waals surface area contributed by atoms with Gasteiger partial charge in [0.05, 0.1) is 0 Å². The minimum absolute atomic E-state index is 0.848. The number of rotatable bonds is 0. The van der Waals surface area contributed by atoms with Crippen molar-refractivity contribution in [3.63, 3.8) is 0 Å². The predicted octanol–water partition coefficient (Wildman–Crippen LogP) is 3.96. The largest absolute Gasteiger partial charge is 0.114 e. The maximum atomic E-state index is 2.93. The Labute approximate surface area is 162 Å². The van der Waals surface area contributed by atoms with Crippen molar-refractivity contribution in [1.82, 2.24) is 0 Å². The van der Waals surface area contributed by atoms with E-state index in [2.05, 4.69) is 13.8 Å². The summed E-state index contributed by atoms with van der Waals surface area (Å²) in [5.41, 5.74) is 8.55. The fourth-order valence-electron chi connectivity index (χ4n) is 20.7. The van der Waals surface area contributed by atoms with Crippen molar-refractivity contribution in [2.75, 3.05) is 0 Å². The molecule has 0 N–H and O–H groups in total. The molecule has 0 radical (unpaired) electrons. The maximum Gasteiger partial charge on any atom is -0.00934 e. The first-order valence-electron chi connectivity index (χ1n) is 13.0. The first-order valence-corrected chi connectivity index (χ1v) is 14.1. The molecular formula is C26H27P. The summed E-state index contributed by atoms with van der Waals surface area (Å²) >= 11 is 0. The SMILES string of the molecule is C[C@H]1C2[C@@H]3C4C5C6CC7C8CC9[C@@H]%10[C@H]%11C%12[C@H]%13C%14P[C@@H](C1C2%13C%123C4%11[C@@]5%10C769)[C@]8%14C. The van der Waals surface area contributed by atoms with Crippen molar-refractivity contribution in [2.45, 2.75) is 38.0 Å². The highest BCUT2D eigenvalue weighted by Crippen LogP contribution is 3.28. The van der Waals surface area contributed by atoms with Crippen molar-refractivity contribution in [3.8, 4) is 0 Å². The van der Waals surface area contributed by atoms with Gasteiger partial charge in [-0.3, -0.25) is 0 Å². The van der Waals surface area contributed by atoms with Gasteiger partial charge in [0.15, 0.2) is 0 Å². The van der Waals surface area contributed by atoms with Crippen LogP contribution in [0.25, 0.3) is 0 Å². The van der Waals surface area contributed by atoms with E-state index in [1.165, 1.54) is 96.8 Å². The zero-order valence-corrected chi connectivity index (χ0v) is 17.2. The zero-order valence-electron chi connectivity index (χ0n) is 16.2. The van der Waals surface area contributed by atoms with Gasteiger partial charge in [0.1, 0.15) is 0 Å². The fraction of sp³-hybridized carbons (Fsp3) is 1.00. The third-order valence-corrected chi connectivity index (χ3v) is 21.2. The molecule has 136 valence electrons. The summed E-state index contributed by atoms with van der Waals surface area (Å²) in [6.07, 6.45) is 3.51. The Bertz CT molecular complexity index is 1130. The molecule has 1 heteroatoms. The molecule has 0 aromatic heterocycles. The van der Waals surface area contributed by atoms with Crippen molar-refractivity contribution in [2.24, 2.45) is 115 Å². The lowest BCUT2D eigenvalue weighted by Crippen LogP contribution is -3.25. The number of fused-ring (bicyclic) bond motifs is 4. The summed E-state index contributed by atoms with van der Waals surface area (Å²) in [5, 5.41) is 0. The summed E-state index contributed by atoms with van der Waals surface area (Å²) in [7, 11) is 1.42. The molecule has 17 aliphatic carbocycles. The minimum Gasteiger partial charge on any atom is -0.114 e. The Morgan fingerprint density at radius 3 is 2.04 bits per heavy atom. The Kier molecular flexibility index (Phi) is 0.971. The second-order valence-corrected chi connectivity index (χ2v) is 17.0. The highest BCUT2D eigenvalue weighted by Gasteiger charge is 3.26. The van der Waals surface area contributed by atoms with Crippen molar-refractivity contribution in [3.05, 3.63) is 0 Å². The average molecular weight is 370 g/mol. The highest BCUT2D eigenvalue weighted by atomic mass is 31.1. The molecule has 27 heavy (non-hydrogen) atoms. The molecule has 14 bridgehead atoms. The van der Waals surface area contributed by atoms with Gasteiger partial charge in [0.25, 0.3) is 0 Å². The quantitative estimate of drug-likeness (QED) is 0.566. The van der Waals surface area contributed by atoms with Gasteiger partial charge in [-0.2, -0.15) is 0 Å². The van der Waals surface area contributed by atoms with Crippen LogP contribution < -0.4 is 0 Å². The van der Waals surface area contributed by atoms with Crippen LogP contribution in [-0.4, -0.2) is 11.3 Å². The average Bonchev–Trinajstić information content (AvgIpc) is 2.87. The molecule has 18 rings (SSSR count). The van der Waals surface area contributed by atoms with Crippen molar-refractivity contribution in [1.29, 1.82) is 0 Å². The number of hydrogen-bond acceptors (Lipinski definition) is 0. The summed E-state index contributed by atoms with van der Waals surface area (Å²) < 4.78 is 0. The van der Waals surface area contributed by atoms with E-state index in [1.807, 2.05) is 0 Å². The van der Waals surface area contributed by atoms with E-state index in [0.717, 1.165) is 38.4 Å². The molecule has 0 nitrogen and oxygen atoms in total. The molecule has 0 amide bonds. The highest BCUT2D eigenvalue weighted by molar-refractivity contribution is 7.42. The van der Waals surface area contributed by atoms with Crippen LogP contribution >= 0.6 is 8.58 Å². The van der Waals surface area contributed by atoms with Gasteiger partial charge in [-0.05, 0) is 140 Å². The van der Waals surface area contributed by atoms with Gasteiger partial charge in [0.2, 0.25) is 0 Å². The van der Waals surface area contributed by atoms with Gasteiger partial charge >= 0.3 is 0 Å². The molecule has 1 aliphatic heterocycles. The molecule has 5 spiro atoms. The zero-order chi connectivity index (χ0) is 16.4. The lowest BCUT2D eigenvalue weighted by molar-refractivity contribution is -0.806. The number of hydrogen-bond donors (Lipinski definition) is 0. The van der Waals surface area contributed by atoms with Gasteiger partial charge < -0.3 is 0 Å². The molecule has 0 aromatic rings. The second kappa shape index (κ2) is 2.24. The van der Waals surface area contributed by atoms with E-state index in [-0.39, 0.29) is 0 Å². The van der Waals surface area contributed by atoms with E-state index in [4.69, 9.17) is 0 Å². The fourth-order valence-corrected chi connectivity index (χ4v) is 23.8. The maximum absolute atomic E-state index is 2.93. The van der Waals surface area contributed by atoms with Crippen molar-refractivity contribution >= 4 is 8.58 Å². The Morgan fingerprint density at radius 2 is 1.22 bits per heavy atom. The summed E-state index contributed by atoms with van der Waals surface area (Å²) in [4.78, 5) is 0. The summed E-state index contributed by atoms with van der Waals surface area (Å²) in [6, 6.07) is 0. The van der Waals surface area contributed by atoms with E-state index < -0.39 is 0 Å².